The molecule has 0 saturated heterocycles. The molecule has 27 heavy (non-hydrogen) atoms. The second-order valence-corrected chi connectivity index (χ2v) is 8.16. The van der Waals surface area contributed by atoms with Crippen LogP contribution in [-0.4, -0.2) is 31.3 Å². The summed E-state index contributed by atoms with van der Waals surface area (Å²) >= 11 is 0. The third kappa shape index (κ3) is 7.24. The fourth-order valence-electron chi connectivity index (χ4n) is 3.45. The molecule has 0 aromatic heterocycles. The lowest BCUT2D eigenvalue weighted by Gasteiger charge is -2.25. The van der Waals surface area contributed by atoms with Gasteiger partial charge >= 0.3 is 11.9 Å². The van der Waals surface area contributed by atoms with Crippen molar-refractivity contribution in [1.29, 1.82) is 0 Å². The minimum absolute atomic E-state index is 0.0898. The summed E-state index contributed by atoms with van der Waals surface area (Å²) in [6.07, 6.45) is 6.93. The van der Waals surface area contributed by atoms with Crippen molar-refractivity contribution in [2.75, 3.05) is 13.7 Å². The number of rotatable bonds is 7. The van der Waals surface area contributed by atoms with Gasteiger partial charge in [0.25, 0.3) is 0 Å². The number of aryl methyl sites for hydroxylation is 1. The van der Waals surface area contributed by atoms with Crippen molar-refractivity contribution < 1.29 is 23.8 Å². The van der Waals surface area contributed by atoms with Crippen LogP contribution in [0.25, 0.3) is 0 Å². The van der Waals surface area contributed by atoms with Crippen LogP contribution < -0.4 is 4.74 Å². The minimum atomic E-state index is -0.462. The molecule has 0 radical (unpaired) electrons. The van der Waals surface area contributed by atoms with E-state index in [4.69, 9.17) is 9.47 Å². The molecule has 1 aromatic carbocycles. The van der Waals surface area contributed by atoms with Gasteiger partial charge in [-0.3, -0.25) is 4.79 Å². The Morgan fingerprint density at radius 1 is 1.07 bits per heavy atom. The highest BCUT2D eigenvalue weighted by molar-refractivity contribution is 5.71. The highest BCUT2D eigenvalue weighted by Gasteiger charge is 2.21. The zero-order valence-corrected chi connectivity index (χ0v) is 17.0. The van der Waals surface area contributed by atoms with E-state index in [1.165, 1.54) is 26.4 Å². The van der Waals surface area contributed by atoms with Gasteiger partial charge in [0.2, 0.25) is 0 Å². The summed E-state index contributed by atoms with van der Waals surface area (Å²) < 4.78 is 15.8. The normalized spacial score (nSPS) is 15.3. The Bertz CT molecular complexity index is 639. The number of hydrogen-bond acceptors (Lipinski definition) is 5. The lowest BCUT2D eigenvalue weighted by atomic mass is 9.83. The molecule has 1 aliphatic rings. The molecule has 0 N–H and O–H groups in total. The molecule has 5 nitrogen and oxygen atoms in total. The first-order valence-electron chi connectivity index (χ1n) is 9.83. The fraction of sp³-hybridized carbons (Fsp3) is 0.636. The van der Waals surface area contributed by atoms with Crippen LogP contribution in [0.2, 0.25) is 0 Å². The van der Waals surface area contributed by atoms with Crippen LogP contribution in [0.3, 0.4) is 0 Å². The number of esters is 2. The van der Waals surface area contributed by atoms with Crippen LogP contribution in [0.1, 0.15) is 76.3 Å². The SMILES string of the molecule is COC(=O)COc1ccc(CCC(=O)OC(C)(C)C)cc1C1CCCCC1. The summed E-state index contributed by atoms with van der Waals surface area (Å²) in [6.45, 7) is 5.53. The maximum Gasteiger partial charge on any atom is 0.343 e. The molecule has 150 valence electrons. The van der Waals surface area contributed by atoms with E-state index < -0.39 is 11.6 Å². The lowest BCUT2D eigenvalue weighted by molar-refractivity contribution is -0.154. The molecule has 0 amide bonds. The van der Waals surface area contributed by atoms with Crippen LogP contribution in [0.4, 0.5) is 0 Å². The van der Waals surface area contributed by atoms with E-state index in [9.17, 15) is 9.59 Å². The minimum Gasteiger partial charge on any atom is -0.482 e. The maximum atomic E-state index is 12.0. The predicted molar refractivity (Wildman–Crippen MR) is 104 cm³/mol. The van der Waals surface area contributed by atoms with Crippen LogP contribution in [0.5, 0.6) is 5.75 Å². The molecule has 1 fully saturated rings. The van der Waals surface area contributed by atoms with Crippen LogP contribution in [0, 0.1) is 0 Å². The molecule has 0 bridgehead atoms. The molecule has 0 spiro atoms. The Labute approximate surface area is 162 Å². The molecule has 0 heterocycles. The average Bonchev–Trinajstić information content (AvgIpc) is 2.64. The van der Waals surface area contributed by atoms with E-state index >= 15 is 0 Å². The molecule has 0 unspecified atom stereocenters. The van der Waals surface area contributed by atoms with Gasteiger partial charge < -0.3 is 14.2 Å². The number of methoxy groups -OCH3 is 1. The smallest absolute Gasteiger partial charge is 0.343 e. The van der Waals surface area contributed by atoms with Crippen molar-refractivity contribution in [2.24, 2.45) is 0 Å². The Morgan fingerprint density at radius 3 is 2.41 bits per heavy atom. The van der Waals surface area contributed by atoms with Gasteiger partial charge in [-0.1, -0.05) is 31.4 Å². The second-order valence-electron chi connectivity index (χ2n) is 8.16. The monoisotopic (exact) mass is 376 g/mol. The molecule has 5 heteroatoms. The fourth-order valence-corrected chi connectivity index (χ4v) is 3.45. The van der Waals surface area contributed by atoms with E-state index in [1.54, 1.807) is 0 Å². The van der Waals surface area contributed by atoms with Crippen LogP contribution in [0.15, 0.2) is 18.2 Å². The Hall–Kier alpha value is -2.04. The Kier molecular flexibility index (Phi) is 7.69. The van der Waals surface area contributed by atoms with Crippen LogP contribution in [-0.2, 0) is 25.5 Å². The summed E-state index contributed by atoms with van der Waals surface area (Å²) in [4.78, 5) is 23.4. The second kappa shape index (κ2) is 9.77. The Balaban J connectivity index is 2.10. The first-order chi connectivity index (χ1) is 12.8. The maximum absolute atomic E-state index is 12.0. The zero-order valence-electron chi connectivity index (χ0n) is 17.0. The third-order valence-corrected chi connectivity index (χ3v) is 4.73. The van der Waals surface area contributed by atoms with E-state index in [2.05, 4.69) is 10.8 Å². The first-order valence-corrected chi connectivity index (χ1v) is 9.83. The van der Waals surface area contributed by atoms with Gasteiger partial charge in [-0.2, -0.15) is 0 Å². The van der Waals surface area contributed by atoms with Crippen molar-refractivity contribution in [1.82, 2.24) is 0 Å². The molecule has 1 aromatic rings. The predicted octanol–water partition coefficient (Wildman–Crippen LogP) is 4.56. The van der Waals surface area contributed by atoms with E-state index in [0.717, 1.165) is 29.7 Å². The first kappa shape index (κ1) is 21.3. The third-order valence-electron chi connectivity index (χ3n) is 4.73. The van der Waals surface area contributed by atoms with Crippen molar-refractivity contribution in [2.45, 2.75) is 77.2 Å². The summed E-state index contributed by atoms with van der Waals surface area (Å²) in [5, 5.41) is 0. The van der Waals surface area contributed by atoms with Gasteiger partial charge in [-0.05, 0) is 63.1 Å². The largest absolute Gasteiger partial charge is 0.482 e. The van der Waals surface area contributed by atoms with Crippen molar-refractivity contribution in [3.63, 3.8) is 0 Å². The van der Waals surface area contributed by atoms with Gasteiger partial charge in [0.1, 0.15) is 11.4 Å². The van der Waals surface area contributed by atoms with Crippen molar-refractivity contribution in [3.8, 4) is 5.75 Å². The zero-order chi connectivity index (χ0) is 19.9. The van der Waals surface area contributed by atoms with Gasteiger partial charge in [-0.25, -0.2) is 4.79 Å². The molecule has 0 aliphatic heterocycles. The molecule has 1 aliphatic carbocycles. The van der Waals surface area contributed by atoms with Crippen molar-refractivity contribution in [3.05, 3.63) is 29.3 Å². The van der Waals surface area contributed by atoms with E-state index in [-0.39, 0.29) is 12.6 Å². The van der Waals surface area contributed by atoms with Gasteiger partial charge in [-0.15, -0.1) is 0 Å². The van der Waals surface area contributed by atoms with Gasteiger partial charge in [0, 0.05) is 6.42 Å². The number of carbonyl (C=O) groups excluding carboxylic acids is 2. The van der Waals surface area contributed by atoms with Crippen LogP contribution >= 0.6 is 0 Å². The summed E-state index contributed by atoms with van der Waals surface area (Å²) in [5.41, 5.74) is 1.77. The van der Waals surface area contributed by atoms with Crippen molar-refractivity contribution >= 4 is 11.9 Å². The standard InChI is InChI=1S/C22H32O5/c1-22(2,3)27-20(23)13-11-16-10-12-19(26-15-21(24)25-4)18(14-16)17-8-6-5-7-9-17/h10,12,14,17H,5-9,11,13,15H2,1-4H3. The van der Waals surface area contributed by atoms with Gasteiger partial charge in [0.05, 0.1) is 7.11 Å². The molecular weight excluding hydrogens is 344 g/mol. The summed E-state index contributed by atoms with van der Waals surface area (Å²) in [5.74, 6) is 0.604. The average molecular weight is 376 g/mol. The number of carbonyl (C=O) groups is 2. The number of ether oxygens (including phenoxy) is 3. The summed E-state index contributed by atoms with van der Waals surface area (Å²) in [7, 11) is 1.35. The van der Waals surface area contributed by atoms with E-state index in [0.29, 0.717) is 18.8 Å². The van der Waals surface area contributed by atoms with Gasteiger partial charge in [0.15, 0.2) is 6.61 Å². The summed E-state index contributed by atoms with van der Waals surface area (Å²) in [6, 6.07) is 6.01. The number of benzene rings is 1. The highest BCUT2D eigenvalue weighted by atomic mass is 16.6. The van der Waals surface area contributed by atoms with E-state index in [1.807, 2.05) is 32.9 Å². The molecule has 1 saturated carbocycles. The number of hydrogen-bond donors (Lipinski definition) is 0. The Morgan fingerprint density at radius 2 is 1.78 bits per heavy atom. The molecule has 0 atom stereocenters. The lowest BCUT2D eigenvalue weighted by Crippen LogP contribution is -2.24. The highest BCUT2D eigenvalue weighted by Crippen LogP contribution is 2.38. The molecule has 2 rings (SSSR count). The molecular formula is C22H32O5. The topological polar surface area (TPSA) is 61.8 Å². The quantitative estimate of drug-likeness (QED) is 0.653.